The lowest BCUT2D eigenvalue weighted by Gasteiger charge is -2.33. The van der Waals surface area contributed by atoms with E-state index in [0.717, 1.165) is 29.5 Å². The van der Waals surface area contributed by atoms with Crippen LogP contribution in [0.5, 0.6) is 0 Å². The quantitative estimate of drug-likeness (QED) is 0.783. The van der Waals surface area contributed by atoms with Gasteiger partial charge in [0.15, 0.2) is 0 Å². The molecule has 0 aliphatic carbocycles. The Bertz CT molecular complexity index is 965. The van der Waals surface area contributed by atoms with Crippen LogP contribution in [-0.4, -0.2) is 54.9 Å². The fourth-order valence-corrected chi connectivity index (χ4v) is 5.65. The van der Waals surface area contributed by atoms with E-state index in [-0.39, 0.29) is 22.9 Å². The molecule has 1 aliphatic heterocycles. The molecule has 2 heterocycles. The Morgan fingerprint density at radius 3 is 2.39 bits per heavy atom. The van der Waals surface area contributed by atoms with Crippen molar-refractivity contribution in [3.8, 4) is 0 Å². The molecule has 1 saturated heterocycles. The number of alkyl halides is 3. The summed E-state index contributed by atoms with van der Waals surface area (Å²) < 4.78 is 65.0. The number of sulfonamides is 1. The van der Waals surface area contributed by atoms with Crippen LogP contribution >= 0.6 is 11.3 Å². The van der Waals surface area contributed by atoms with Crippen LogP contribution in [0, 0.1) is 0 Å². The lowest BCUT2D eigenvalue weighted by atomic mass is 10.1. The van der Waals surface area contributed by atoms with Crippen molar-refractivity contribution in [1.82, 2.24) is 9.21 Å². The lowest BCUT2D eigenvalue weighted by Crippen LogP contribution is -2.48. The van der Waals surface area contributed by atoms with Crippen molar-refractivity contribution in [2.45, 2.75) is 16.9 Å². The van der Waals surface area contributed by atoms with Crippen LogP contribution in [-0.2, 0) is 22.7 Å². The van der Waals surface area contributed by atoms with Gasteiger partial charge < -0.3 is 5.11 Å². The van der Waals surface area contributed by atoms with Crippen LogP contribution in [0.15, 0.2) is 39.9 Å². The van der Waals surface area contributed by atoms with E-state index < -0.39 is 27.7 Å². The number of carboxylic acids is 1. The molecule has 1 aromatic carbocycles. The normalized spacial score (nSPS) is 17.0. The van der Waals surface area contributed by atoms with Crippen molar-refractivity contribution in [3.63, 3.8) is 0 Å². The summed E-state index contributed by atoms with van der Waals surface area (Å²) in [6, 6.07) is 6.22. The summed E-state index contributed by atoms with van der Waals surface area (Å²) in [5.41, 5.74) is -0.277. The third kappa shape index (κ3) is 4.54. The summed E-state index contributed by atoms with van der Waals surface area (Å²) in [5.74, 6) is -1.19. The number of halogens is 3. The number of nitrogens with zero attached hydrogens (tertiary/aromatic N) is 2. The van der Waals surface area contributed by atoms with Gasteiger partial charge in [0.25, 0.3) is 10.0 Å². The van der Waals surface area contributed by atoms with Crippen molar-refractivity contribution in [3.05, 3.63) is 52.4 Å². The molecule has 11 heteroatoms. The molecule has 0 unspecified atom stereocenters. The molecule has 152 valence electrons. The molecule has 0 amide bonds. The number of rotatable bonds is 5. The van der Waals surface area contributed by atoms with Gasteiger partial charge in [-0.05, 0) is 17.7 Å². The van der Waals surface area contributed by atoms with E-state index in [4.69, 9.17) is 5.11 Å². The Morgan fingerprint density at radius 2 is 1.82 bits per heavy atom. The molecule has 28 heavy (non-hydrogen) atoms. The molecule has 0 saturated carbocycles. The summed E-state index contributed by atoms with van der Waals surface area (Å²) in [4.78, 5) is 12.8. The zero-order chi connectivity index (χ0) is 20.5. The van der Waals surface area contributed by atoms with Crippen LogP contribution in [0.2, 0.25) is 0 Å². The smallest absolute Gasteiger partial charge is 0.416 e. The van der Waals surface area contributed by atoms with E-state index >= 15 is 0 Å². The van der Waals surface area contributed by atoms with Crippen molar-refractivity contribution in [2.24, 2.45) is 0 Å². The van der Waals surface area contributed by atoms with Crippen LogP contribution in [0.4, 0.5) is 13.2 Å². The maximum atomic E-state index is 12.8. The van der Waals surface area contributed by atoms with E-state index in [1.165, 1.54) is 15.8 Å². The number of thiophene rings is 1. The van der Waals surface area contributed by atoms with Crippen molar-refractivity contribution in [1.29, 1.82) is 0 Å². The molecule has 1 N–H and O–H groups in total. The van der Waals surface area contributed by atoms with Crippen molar-refractivity contribution >= 4 is 27.3 Å². The van der Waals surface area contributed by atoms with E-state index in [1.54, 1.807) is 6.07 Å². The van der Waals surface area contributed by atoms with Crippen LogP contribution in [0.3, 0.4) is 0 Å². The number of aromatic carboxylic acids is 1. The Hall–Kier alpha value is -1.95. The Morgan fingerprint density at radius 1 is 1.14 bits per heavy atom. The Balaban J connectivity index is 1.63. The average Bonchev–Trinajstić information content (AvgIpc) is 3.13. The molecular weight excluding hydrogens is 417 g/mol. The van der Waals surface area contributed by atoms with E-state index in [9.17, 15) is 26.4 Å². The minimum atomic E-state index is -4.40. The van der Waals surface area contributed by atoms with Crippen LogP contribution in [0.25, 0.3) is 0 Å². The third-order valence-electron chi connectivity index (χ3n) is 4.41. The maximum absolute atomic E-state index is 12.8. The number of hydrogen-bond acceptors (Lipinski definition) is 5. The van der Waals surface area contributed by atoms with Gasteiger partial charge in [-0.15, -0.1) is 11.3 Å². The van der Waals surface area contributed by atoms with Gasteiger partial charge in [-0.1, -0.05) is 18.2 Å². The summed E-state index contributed by atoms with van der Waals surface area (Å²) in [7, 11) is -3.78. The second-order valence-corrected chi connectivity index (χ2v) is 9.41. The zero-order valence-corrected chi connectivity index (χ0v) is 16.1. The Labute approximate surface area is 163 Å². The average molecular weight is 434 g/mol. The van der Waals surface area contributed by atoms with Gasteiger partial charge in [0, 0.05) is 38.1 Å². The van der Waals surface area contributed by atoms with Crippen LogP contribution in [0.1, 0.15) is 21.5 Å². The van der Waals surface area contributed by atoms with E-state index in [1.807, 2.05) is 4.90 Å². The lowest BCUT2D eigenvalue weighted by molar-refractivity contribution is -0.137. The van der Waals surface area contributed by atoms with Crippen molar-refractivity contribution in [2.75, 3.05) is 26.2 Å². The zero-order valence-electron chi connectivity index (χ0n) is 14.5. The van der Waals surface area contributed by atoms with Gasteiger partial charge in [-0.25, -0.2) is 13.2 Å². The van der Waals surface area contributed by atoms with E-state index in [2.05, 4.69) is 0 Å². The molecule has 1 fully saturated rings. The minimum Gasteiger partial charge on any atom is -0.478 e. The number of benzene rings is 1. The molecule has 1 aliphatic rings. The highest BCUT2D eigenvalue weighted by Gasteiger charge is 2.32. The largest absolute Gasteiger partial charge is 0.478 e. The molecule has 0 radical (unpaired) electrons. The topological polar surface area (TPSA) is 77.9 Å². The molecular formula is C17H17F3N2O4S2. The third-order valence-corrected chi connectivity index (χ3v) is 7.72. The summed E-state index contributed by atoms with van der Waals surface area (Å²) in [6.45, 7) is 1.39. The second-order valence-electron chi connectivity index (χ2n) is 6.34. The molecule has 0 spiro atoms. The first-order valence-electron chi connectivity index (χ1n) is 8.28. The van der Waals surface area contributed by atoms with Gasteiger partial charge >= 0.3 is 12.1 Å². The van der Waals surface area contributed by atoms with Crippen LogP contribution < -0.4 is 0 Å². The minimum absolute atomic E-state index is 0.0313. The molecule has 1 aromatic heterocycles. The summed E-state index contributed by atoms with van der Waals surface area (Å²) in [6.07, 6.45) is -4.40. The molecule has 6 nitrogen and oxygen atoms in total. The van der Waals surface area contributed by atoms with Gasteiger partial charge in [-0.2, -0.15) is 17.5 Å². The first kappa shape index (κ1) is 20.8. The number of piperazine rings is 1. The standard InChI is InChI=1S/C17H17F3N2O4S2/c18-17(19,20)14-3-1-2-12(8-14)10-21-4-6-22(7-5-21)28(25,26)15-9-13(11-27-15)16(23)24/h1-3,8-9,11H,4-7,10H2,(H,23,24). The van der Waals surface area contributed by atoms with Crippen molar-refractivity contribution < 1.29 is 31.5 Å². The molecule has 0 atom stereocenters. The first-order chi connectivity index (χ1) is 13.1. The predicted octanol–water partition coefficient (Wildman–Crippen LogP) is 2.97. The molecule has 2 aromatic rings. The predicted molar refractivity (Wildman–Crippen MR) is 96.8 cm³/mol. The first-order valence-corrected chi connectivity index (χ1v) is 10.6. The number of carbonyl (C=O) groups is 1. The molecule has 3 rings (SSSR count). The van der Waals surface area contributed by atoms with Gasteiger partial charge in [0.1, 0.15) is 4.21 Å². The van der Waals surface area contributed by atoms with Gasteiger partial charge in [0.05, 0.1) is 11.1 Å². The fourth-order valence-electron chi connectivity index (χ4n) is 2.92. The number of hydrogen-bond donors (Lipinski definition) is 1. The van der Waals surface area contributed by atoms with E-state index in [0.29, 0.717) is 25.2 Å². The SMILES string of the molecule is O=C(O)c1csc(S(=O)(=O)N2CCN(Cc3cccc(C(F)(F)F)c3)CC2)c1. The summed E-state index contributed by atoms with van der Waals surface area (Å²) in [5, 5.41) is 10.2. The summed E-state index contributed by atoms with van der Waals surface area (Å²) >= 11 is 0.855. The van der Waals surface area contributed by atoms with Gasteiger partial charge in [-0.3, -0.25) is 4.90 Å². The highest BCUT2D eigenvalue weighted by Crippen LogP contribution is 2.30. The monoisotopic (exact) mass is 434 g/mol. The number of carboxylic acid groups (broad SMARTS) is 1. The fraction of sp³-hybridized carbons (Fsp3) is 0.353. The highest BCUT2D eigenvalue weighted by atomic mass is 32.2. The highest BCUT2D eigenvalue weighted by molar-refractivity contribution is 7.91. The maximum Gasteiger partial charge on any atom is 0.416 e. The second kappa shape index (κ2) is 7.82. The van der Waals surface area contributed by atoms with Gasteiger partial charge in [0.2, 0.25) is 0 Å². The Kier molecular flexibility index (Phi) is 5.80. The molecule has 0 bridgehead atoms.